The van der Waals surface area contributed by atoms with Crippen molar-refractivity contribution < 1.29 is 19.1 Å². The lowest BCUT2D eigenvalue weighted by Crippen LogP contribution is -2.30. The lowest BCUT2D eigenvalue weighted by Gasteiger charge is -2.17. The second kappa shape index (κ2) is 8.36. The van der Waals surface area contributed by atoms with Crippen LogP contribution in [0.2, 0.25) is 0 Å². The Hall–Kier alpha value is -3.34. The van der Waals surface area contributed by atoms with Crippen LogP contribution in [-0.4, -0.2) is 37.5 Å². The van der Waals surface area contributed by atoms with Crippen molar-refractivity contribution in [1.82, 2.24) is 4.90 Å². The van der Waals surface area contributed by atoms with Gasteiger partial charge in [-0.25, -0.2) is 4.79 Å². The van der Waals surface area contributed by atoms with E-state index in [0.717, 1.165) is 16.3 Å². The Morgan fingerprint density at radius 3 is 2.22 bits per heavy atom. The first-order chi connectivity index (χ1) is 13.1. The van der Waals surface area contributed by atoms with Crippen LogP contribution in [0.15, 0.2) is 66.7 Å². The highest BCUT2D eigenvalue weighted by molar-refractivity contribution is 5.99. The molecule has 0 aliphatic carbocycles. The number of amides is 1. The predicted octanol–water partition coefficient (Wildman–Crippen LogP) is 3.66. The predicted molar refractivity (Wildman–Crippen MR) is 104 cm³/mol. The molecule has 0 aromatic heterocycles. The first kappa shape index (κ1) is 18.5. The van der Waals surface area contributed by atoms with Crippen molar-refractivity contribution in [3.05, 3.63) is 77.9 Å². The smallest absolute Gasteiger partial charge is 0.342 e. The number of hydrogen-bond donors (Lipinski definition) is 0. The van der Waals surface area contributed by atoms with Crippen molar-refractivity contribution in [1.29, 1.82) is 0 Å². The summed E-state index contributed by atoms with van der Waals surface area (Å²) in [5.74, 6) is -0.435. The number of hydrogen-bond acceptors (Lipinski definition) is 4. The van der Waals surface area contributed by atoms with Gasteiger partial charge in [-0.2, -0.15) is 0 Å². The van der Waals surface area contributed by atoms with E-state index in [9.17, 15) is 9.59 Å². The summed E-state index contributed by atoms with van der Waals surface area (Å²) in [4.78, 5) is 26.3. The third kappa shape index (κ3) is 4.44. The van der Waals surface area contributed by atoms with Crippen LogP contribution in [-0.2, 0) is 16.1 Å². The molecule has 138 valence electrons. The van der Waals surface area contributed by atoms with E-state index < -0.39 is 5.97 Å². The lowest BCUT2D eigenvalue weighted by molar-refractivity contribution is -0.133. The van der Waals surface area contributed by atoms with Crippen LogP contribution < -0.4 is 4.74 Å². The minimum Gasteiger partial charge on any atom is -0.496 e. The third-order valence-corrected chi connectivity index (χ3v) is 4.30. The van der Waals surface area contributed by atoms with Crippen molar-refractivity contribution >= 4 is 22.6 Å². The summed E-state index contributed by atoms with van der Waals surface area (Å²) < 4.78 is 10.5. The molecule has 0 saturated heterocycles. The van der Waals surface area contributed by atoms with Gasteiger partial charge >= 0.3 is 5.97 Å². The molecule has 0 saturated carbocycles. The Bertz CT molecular complexity index is 953. The molecule has 0 radical (unpaired) electrons. The highest BCUT2D eigenvalue weighted by atomic mass is 16.5. The maximum absolute atomic E-state index is 12.5. The van der Waals surface area contributed by atoms with Crippen LogP contribution >= 0.6 is 0 Å². The molecule has 27 heavy (non-hydrogen) atoms. The fraction of sp³-hybridized carbons (Fsp3) is 0.182. The van der Waals surface area contributed by atoms with Crippen LogP contribution in [0.5, 0.6) is 5.75 Å². The summed E-state index contributed by atoms with van der Waals surface area (Å²) in [6.45, 7) is 0.134. The summed E-state index contributed by atoms with van der Waals surface area (Å²) in [5, 5.41) is 1.86. The average molecular weight is 363 g/mol. The van der Waals surface area contributed by atoms with Crippen LogP contribution in [0.3, 0.4) is 0 Å². The lowest BCUT2D eigenvalue weighted by atomic mass is 10.1. The zero-order valence-electron chi connectivity index (χ0n) is 15.3. The average Bonchev–Trinajstić information content (AvgIpc) is 2.71. The van der Waals surface area contributed by atoms with Crippen molar-refractivity contribution in [3.8, 4) is 5.75 Å². The quantitative estimate of drug-likeness (QED) is 0.627. The van der Waals surface area contributed by atoms with E-state index in [-0.39, 0.29) is 12.5 Å². The molecule has 0 aliphatic rings. The van der Waals surface area contributed by atoms with Gasteiger partial charge in [0.1, 0.15) is 11.3 Å². The van der Waals surface area contributed by atoms with Gasteiger partial charge in [-0.1, -0.05) is 54.6 Å². The number of fused-ring (bicyclic) bond motifs is 1. The Kier molecular flexibility index (Phi) is 5.71. The molecule has 5 heteroatoms. The molecular formula is C22H21NO4. The number of carbonyl (C=O) groups is 2. The van der Waals surface area contributed by atoms with Gasteiger partial charge in [0, 0.05) is 13.6 Å². The monoisotopic (exact) mass is 363 g/mol. The normalized spacial score (nSPS) is 10.4. The number of nitrogens with zero attached hydrogens (tertiary/aromatic N) is 1. The zero-order valence-corrected chi connectivity index (χ0v) is 15.3. The summed E-state index contributed by atoms with van der Waals surface area (Å²) in [5.41, 5.74) is 1.31. The topological polar surface area (TPSA) is 55.8 Å². The van der Waals surface area contributed by atoms with Gasteiger partial charge in [0.15, 0.2) is 6.61 Å². The molecule has 0 bridgehead atoms. The maximum atomic E-state index is 12.5. The summed E-state index contributed by atoms with van der Waals surface area (Å²) in [6, 6.07) is 20.8. The van der Waals surface area contributed by atoms with E-state index in [2.05, 4.69) is 0 Å². The fourth-order valence-electron chi connectivity index (χ4n) is 2.81. The number of esters is 1. The van der Waals surface area contributed by atoms with Gasteiger partial charge in [-0.15, -0.1) is 0 Å². The Morgan fingerprint density at radius 2 is 1.56 bits per heavy atom. The standard InChI is InChI=1S/C22H21NO4/c1-23(14-16-8-4-3-5-9-16)21(24)15-27-22(25)19-12-17-10-6-7-11-18(17)13-20(19)26-2/h3-13H,14-15H2,1-2H3. The first-order valence-corrected chi connectivity index (χ1v) is 8.60. The van der Waals surface area contributed by atoms with E-state index in [1.54, 1.807) is 19.2 Å². The summed E-state index contributed by atoms with van der Waals surface area (Å²) >= 11 is 0. The van der Waals surface area contributed by atoms with Crippen molar-refractivity contribution in [2.45, 2.75) is 6.54 Å². The molecular weight excluding hydrogens is 342 g/mol. The largest absolute Gasteiger partial charge is 0.496 e. The SMILES string of the molecule is COc1cc2ccccc2cc1C(=O)OCC(=O)N(C)Cc1ccccc1. The van der Waals surface area contributed by atoms with E-state index in [0.29, 0.717) is 17.9 Å². The molecule has 0 aliphatic heterocycles. The van der Waals surface area contributed by atoms with Gasteiger partial charge < -0.3 is 14.4 Å². The molecule has 0 fully saturated rings. The van der Waals surface area contributed by atoms with Crippen molar-refractivity contribution in [2.24, 2.45) is 0 Å². The second-order valence-electron chi connectivity index (χ2n) is 6.21. The van der Waals surface area contributed by atoms with Crippen LogP contribution in [0.4, 0.5) is 0 Å². The molecule has 3 rings (SSSR count). The number of rotatable bonds is 6. The third-order valence-electron chi connectivity index (χ3n) is 4.30. The van der Waals surface area contributed by atoms with Crippen molar-refractivity contribution in [3.63, 3.8) is 0 Å². The molecule has 0 spiro atoms. The van der Waals surface area contributed by atoms with Crippen molar-refractivity contribution in [2.75, 3.05) is 20.8 Å². The van der Waals surface area contributed by atoms with Crippen LogP contribution in [0.1, 0.15) is 15.9 Å². The molecule has 0 heterocycles. The Balaban J connectivity index is 1.66. The second-order valence-corrected chi connectivity index (χ2v) is 6.21. The summed E-state index contributed by atoms with van der Waals surface area (Å²) in [6.07, 6.45) is 0. The molecule has 5 nitrogen and oxygen atoms in total. The molecule has 3 aromatic carbocycles. The minimum atomic E-state index is -0.584. The molecule has 3 aromatic rings. The van der Waals surface area contributed by atoms with E-state index in [1.807, 2.05) is 54.6 Å². The molecule has 0 atom stereocenters. The van der Waals surface area contributed by atoms with Gasteiger partial charge in [0.05, 0.1) is 7.11 Å². The molecule has 1 amide bonds. The first-order valence-electron chi connectivity index (χ1n) is 8.60. The van der Waals surface area contributed by atoms with Crippen LogP contribution in [0, 0.1) is 0 Å². The zero-order chi connectivity index (χ0) is 19.2. The molecule has 0 N–H and O–H groups in total. The number of ether oxygens (including phenoxy) is 2. The number of likely N-dealkylation sites (N-methyl/N-ethyl adjacent to an activating group) is 1. The molecule has 0 unspecified atom stereocenters. The van der Waals surface area contributed by atoms with E-state index in [1.165, 1.54) is 12.0 Å². The van der Waals surface area contributed by atoms with Crippen LogP contribution in [0.25, 0.3) is 10.8 Å². The number of methoxy groups -OCH3 is 1. The Morgan fingerprint density at radius 1 is 0.926 bits per heavy atom. The van der Waals surface area contributed by atoms with Gasteiger partial charge in [0.2, 0.25) is 0 Å². The number of benzene rings is 3. The fourth-order valence-corrected chi connectivity index (χ4v) is 2.81. The number of carbonyl (C=O) groups excluding carboxylic acids is 2. The highest BCUT2D eigenvalue weighted by Crippen LogP contribution is 2.26. The summed E-state index contributed by atoms with van der Waals surface area (Å²) in [7, 11) is 3.18. The minimum absolute atomic E-state index is 0.271. The highest BCUT2D eigenvalue weighted by Gasteiger charge is 2.18. The van der Waals surface area contributed by atoms with Gasteiger partial charge in [0.25, 0.3) is 5.91 Å². The van der Waals surface area contributed by atoms with E-state index >= 15 is 0 Å². The van der Waals surface area contributed by atoms with Gasteiger partial charge in [-0.05, 0) is 28.5 Å². The maximum Gasteiger partial charge on any atom is 0.342 e. The van der Waals surface area contributed by atoms with E-state index in [4.69, 9.17) is 9.47 Å². The Labute approximate surface area is 158 Å². The van der Waals surface area contributed by atoms with Gasteiger partial charge in [-0.3, -0.25) is 4.79 Å².